The molecule has 1 N–H and O–H groups in total. The highest BCUT2D eigenvalue weighted by molar-refractivity contribution is 9.10. The minimum absolute atomic E-state index is 0.0415. The molecule has 2 amide bonds. The summed E-state index contributed by atoms with van der Waals surface area (Å²) in [4.78, 5) is 14.8. The molecule has 0 saturated heterocycles. The van der Waals surface area contributed by atoms with Gasteiger partial charge in [0.25, 0.3) is 0 Å². The highest BCUT2D eigenvalue weighted by Gasteiger charge is 2.34. The summed E-state index contributed by atoms with van der Waals surface area (Å²) in [6.07, 6.45) is 2.43. The lowest BCUT2D eigenvalue weighted by atomic mass is 10.1. The zero-order valence-corrected chi connectivity index (χ0v) is 14.8. The summed E-state index contributed by atoms with van der Waals surface area (Å²) in [6, 6.07) is 18.1. The summed E-state index contributed by atoms with van der Waals surface area (Å²) in [7, 11) is 0. The van der Waals surface area contributed by atoms with Crippen molar-refractivity contribution >= 4 is 27.6 Å². The van der Waals surface area contributed by atoms with E-state index in [9.17, 15) is 4.79 Å². The molecule has 0 aromatic heterocycles. The number of carbonyl (C=O) groups excluding carboxylic acids is 1. The van der Waals surface area contributed by atoms with E-state index in [0.29, 0.717) is 12.5 Å². The van der Waals surface area contributed by atoms with E-state index in [1.807, 2.05) is 47.4 Å². The van der Waals surface area contributed by atoms with Crippen molar-refractivity contribution < 1.29 is 4.79 Å². The predicted octanol–water partition coefficient (Wildman–Crippen LogP) is 5.28. The molecule has 3 nitrogen and oxygen atoms in total. The van der Waals surface area contributed by atoms with Gasteiger partial charge in [0, 0.05) is 17.1 Å². The van der Waals surface area contributed by atoms with Crippen LogP contribution in [0.3, 0.4) is 0 Å². The van der Waals surface area contributed by atoms with Gasteiger partial charge in [-0.05, 0) is 59.3 Å². The summed E-state index contributed by atoms with van der Waals surface area (Å²) in [5.74, 6) is 0.628. The third kappa shape index (κ3) is 4.14. The van der Waals surface area contributed by atoms with E-state index in [1.54, 1.807) is 0 Å². The molecule has 4 heteroatoms. The van der Waals surface area contributed by atoms with E-state index in [4.69, 9.17) is 0 Å². The number of nitrogens with one attached hydrogen (secondary N) is 1. The van der Waals surface area contributed by atoms with Crippen LogP contribution in [0.25, 0.3) is 0 Å². The van der Waals surface area contributed by atoms with Crippen LogP contribution in [0.15, 0.2) is 59.1 Å². The quantitative estimate of drug-likeness (QED) is 0.760. The van der Waals surface area contributed by atoms with Crippen LogP contribution in [-0.2, 0) is 6.54 Å². The smallest absolute Gasteiger partial charge is 0.317 e. The molecule has 2 aromatic rings. The van der Waals surface area contributed by atoms with Gasteiger partial charge in [-0.1, -0.05) is 42.5 Å². The van der Waals surface area contributed by atoms with Crippen LogP contribution >= 0.6 is 15.9 Å². The normalized spacial score (nSPS) is 15.0. The fourth-order valence-electron chi connectivity index (χ4n) is 2.76. The van der Waals surface area contributed by atoms with Gasteiger partial charge in [0.1, 0.15) is 0 Å². The van der Waals surface area contributed by atoms with E-state index in [2.05, 4.69) is 40.3 Å². The Bertz CT molecular complexity index is 670. The van der Waals surface area contributed by atoms with Crippen LogP contribution in [-0.4, -0.2) is 17.0 Å². The molecule has 2 aromatic carbocycles. The van der Waals surface area contributed by atoms with Crippen LogP contribution in [0.2, 0.25) is 0 Å². The molecule has 0 radical (unpaired) electrons. The monoisotopic (exact) mass is 372 g/mol. The number of halogens is 1. The fraction of sp³-hybridized carbons (Fsp3) is 0.316. The molecular weight excluding hydrogens is 352 g/mol. The third-order valence-electron chi connectivity index (χ3n) is 4.37. The topological polar surface area (TPSA) is 32.3 Å². The average molecular weight is 373 g/mol. The summed E-state index contributed by atoms with van der Waals surface area (Å²) in [5.41, 5.74) is 1.96. The number of carbonyl (C=O) groups is 1. The van der Waals surface area contributed by atoms with Crippen molar-refractivity contribution in [3.05, 3.63) is 64.6 Å². The third-order valence-corrected chi connectivity index (χ3v) is 5.06. The van der Waals surface area contributed by atoms with Crippen LogP contribution < -0.4 is 5.32 Å². The molecular formula is C19H21BrN2O. The molecule has 1 aliphatic carbocycles. The molecule has 0 bridgehead atoms. The van der Waals surface area contributed by atoms with Crippen LogP contribution in [0.4, 0.5) is 10.5 Å². The molecule has 0 spiro atoms. The van der Waals surface area contributed by atoms with Gasteiger partial charge in [-0.15, -0.1) is 0 Å². The van der Waals surface area contributed by atoms with Crippen LogP contribution in [0, 0.1) is 5.92 Å². The van der Waals surface area contributed by atoms with E-state index >= 15 is 0 Å². The van der Waals surface area contributed by atoms with Crippen molar-refractivity contribution in [3.63, 3.8) is 0 Å². The summed E-state index contributed by atoms with van der Waals surface area (Å²) in [5, 5.41) is 3.03. The van der Waals surface area contributed by atoms with Gasteiger partial charge in [-0.3, -0.25) is 0 Å². The van der Waals surface area contributed by atoms with Crippen molar-refractivity contribution in [2.24, 2.45) is 5.92 Å². The molecule has 0 heterocycles. The minimum atomic E-state index is -0.0415. The van der Waals surface area contributed by atoms with E-state index in [1.165, 1.54) is 12.8 Å². The SMILES string of the molecule is CC(C1CC1)N(Cc1ccccc1)C(=O)Nc1ccccc1Br. The first-order valence-corrected chi connectivity index (χ1v) is 8.80. The Morgan fingerprint density at radius 3 is 2.48 bits per heavy atom. The minimum Gasteiger partial charge on any atom is -0.317 e. The van der Waals surface area contributed by atoms with Crippen molar-refractivity contribution in [1.29, 1.82) is 0 Å². The van der Waals surface area contributed by atoms with Gasteiger partial charge in [0.05, 0.1) is 5.69 Å². The Balaban J connectivity index is 1.77. The second kappa shape index (κ2) is 7.18. The molecule has 3 rings (SSSR count). The number of hydrogen-bond donors (Lipinski definition) is 1. The first kappa shape index (κ1) is 16.1. The number of nitrogens with zero attached hydrogens (tertiary/aromatic N) is 1. The number of rotatable bonds is 5. The second-order valence-corrected chi connectivity index (χ2v) is 6.96. The van der Waals surface area contributed by atoms with E-state index < -0.39 is 0 Å². The Hall–Kier alpha value is -1.81. The van der Waals surface area contributed by atoms with Gasteiger partial charge in [0.15, 0.2) is 0 Å². The van der Waals surface area contributed by atoms with Crippen molar-refractivity contribution in [2.75, 3.05) is 5.32 Å². The second-order valence-electron chi connectivity index (χ2n) is 6.10. The lowest BCUT2D eigenvalue weighted by molar-refractivity contribution is 0.180. The standard InChI is InChI=1S/C19H21BrN2O/c1-14(16-11-12-16)22(13-15-7-3-2-4-8-15)19(23)21-18-10-6-5-9-17(18)20/h2-10,14,16H,11-13H2,1H3,(H,21,23). The summed E-state index contributed by atoms with van der Waals surface area (Å²) in [6.45, 7) is 2.79. The Labute approximate surface area is 145 Å². The highest BCUT2D eigenvalue weighted by atomic mass is 79.9. The van der Waals surface area contributed by atoms with E-state index in [0.717, 1.165) is 15.7 Å². The van der Waals surface area contributed by atoms with E-state index in [-0.39, 0.29) is 12.1 Å². The molecule has 0 aliphatic heterocycles. The number of anilines is 1. The van der Waals surface area contributed by atoms with Crippen LogP contribution in [0.5, 0.6) is 0 Å². The molecule has 1 atom stereocenters. The van der Waals surface area contributed by atoms with Crippen molar-refractivity contribution in [2.45, 2.75) is 32.4 Å². The zero-order chi connectivity index (χ0) is 16.2. The fourth-order valence-corrected chi connectivity index (χ4v) is 3.15. The average Bonchev–Trinajstić information content (AvgIpc) is 3.40. The Morgan fingerprint density at radius 1 is 1.17 bits per heavy atom. The largest absolute Gasteiger partial charge is 0.322 e. The van der Waals surface area contributed by atoms with Crippen molar-refractivity contribution in [1.82, 2.24) is 4.90 Å². The highest BCUT2D eigenvalue weighted by Crippen LogP contribution is 2.36. The number of para-hydroxylation sites is 1. The number of hydrogen-bond acceptors (Lipinski definition) is 1. The van der Waals surface area contributed by atoms with Gasteiger partial charge < -0.3 is 10.2 Å². The number of amides is 2. The Morgan fingerprint density at radius 2 is 1.83 bits per heavy atom. The number of benzene rings is 2. The van der Waals surface area contributed by atoms with Gasteiger partial charge in [0.2, 0.25) is 0 Å². The summed E-state index contributed by atoms with van der Waals surface area (Å²) >= 11 is 3.49. The zero-order valence-electron chi connectivity index (χ0n) is 13.2. The van der Waals surface area contributed by atoms with Gasteiger partial charge in [-0.25, -0.2) is 4.79 Å². The first-order valence-electron chi connectivity index (χ1n) is 8.01. The maximum Gasteiger partial charge on any atom is 0.322 e. The lowest BCUT2D eigenvalue weighted by Crippen LogP contribution is -2.42. The Kier molecular flexibility index (Phi) is 5.01. The molecule has 1 saturated carbocycles. The van der Waals surface area contributed by atoms with Gasteiger partial charge in [-0.2, -0.15) is 0 Å². The van der Waals surface area contributed by atoms with Crippen molar-refractivity contribution in [3.8, 4) is 0 Å². The molecule has 1 aliphatic rings. The molecule has 120 valence electrons. The summed E-state index contributed by atoms with van der Waals surface area (Å²) < 4.78 is 0.895. The number of urea groups is 1. The molecule has 1 fully saturated rings. The molecule has 1 unspecified atom stereocenters. The molecule has 23 heavy (non-hydrogen) atoms. The predicted molar refractivity (Wildman–Crippen MR) is 97.3 cm³/mol. The maximum atomic E-state index is 12.8. The maximum absolute atomic E-state index is 12.8. The lowest BCUT2D eigenvalue weighted by Gasteiger charge is -2.30. The van der Waals surface area contributed by atoms with Gasteiger partial charge >= 0.3 is 6.03 Å². The van der Waals surface area contributed by atoms with Crippen LogP contribution in [0.1, 0.15) is 25.3 Å². The first-order chi connectivity index (χ1) is 11.1.